The van der Waals surface area contributed by atoms with Gasteiger partial charge in [-0.1, -0.05) is 55.8 Å². The fourth-order valence-corrected chi connectivity index (χ4v) is 2.29. The topological polar surface area (TPSA) is 26.0 Å². The lowest BCUT2D eigenvalue weighted by molar-refractivity contribution is 0.593. The molecule has 1 nitrogen and oxygen atoms in total. The van der Waals surface area contributed by atoms with E-state index in [4.69, 9.17) is 5.73 Å². The number of nitrogens with two attached hydrogens (primary N) is 1. The summed E-state index contributed by atoms with van der Waals surface area (Å²) in [5.74, 6) is -0.178. The normalized spacial score (nSPS) is 12.4. The molecule has 0 spiro atoms. The summed E-state index contributed by atoms with van der Waals surface area (Å²) in [6, 6.07) is 15.0. The lowest BCUT2D eigenvalue weighted by atomic mass is 9.97. The highest BCUT2D eigenvalue weighted by Crippen LogP contribution is 2.19. The molecular formula is C17H20FN. The van der Waals surface area contributed by atoms with Gasteiger partial charge in [-0.15, -0.1) is 0 Å². The van der Waals surface area contributed by atoms with Crippen molar-refractivity contribution in [1.82, 2.24) is 0 Å². The molecule has 1 atom stereocenters. The third kappa shape index (κ3) is 3.65. The van der Waals surface area contributed by atoms with Crippen molar-refractivity contribution < 1.29 is 4.39 Å². The highest BCUT2D eigenvalue weighted by molar-refractivity contribution is 5.28. The minimum absolute atomic E-state index is 0.159. The van der Waals surface area contributed by atoms with E-state index >= 15 is 0 Å². The Hall–Kier alpha value is -1.67. The molecule has 2 aromatic carbocycles. The van der Waals surface area contributed by atoms with Crippen molar-refractivity contribution in [2.75, 3.05) is 0 Å². The van der Waals surface area contributed by atoms with Crippen molar-refractivity contribution >= 4 is 0 Å². The first-order chi connectivity index (χ1) is 9.20. The summed E-state index contributed by atoms with van der Waals surface area (Å²) in [5.41, 5.74) is 9.24. The minimum Gasteiger partial charge on any atom is -0.324 e. The summed E-state index contributed by atoms with van der Waals surface area (Å²) < 4.78 is 13.6. The van der Waals surface area contributed by atoms with Gasteiger partial charge in [-0.25, -0.2) is 4.39 Å². The molecule has 100 valence electrons. The van der Waals surface area contributed by atoms with Gasteiger partial charge in [-0.05, 0) is 35.6 Å². The predicted octanol–water partition coefficient (Wildman–Crippen LogP) is 4.02. The number of hydrogen-bond donors (Lipinski definition) is 1. The van der Waals surface area contributed by atoms with E-state index < -0.39 is 0 Å². The first-order valence-corrected chi connectivity index (χ1v) is 6.78. The zero-order valence-electron chi connectivity index (χ0n) is 11.3. The van der Waals surface area contributed by atoms with Gasteiger partial charge in [0.15, 0.2) is 0 Å². The van der Waals surface area contributed by atoms with Crippen LogP contribution in [0.1, 0.15) is 36.1 Å². The summed E-state index contributed by atoms with van der Waals surface area (Å²) in [5, 5.41) is 0. The second-order valence-electron chi connectivity index (χ2n) is 4.90. The zero-order chi connectivity index (χ0) is 13.7. The van der Waals surface area contributed by atoms with Crippen LogP contribution in [0, 0.1) is 5.82 Å². The van der Waals surface area contributed by atoms with Crippen LogP contribution in [-0.4, -0.2) is 0 Å². The zero-order valence-corrected chi connectivity index (χ0v) is 11.3. The van der Waals surface area contributed by atoms with Gasteiger partial charge in [-0.3, -0.25) is 0 Å². The second-order valence-corrected chi connectivity index (χ2v) is 4.90. The predicted molar refractivity (Wildman–Crippen MR) is 77.5 cm³/mol. The van der Waals surface area contributed by atoms with Crippen LogP contribution in [0.2, 0.25) is 0 Å². The maximum absolute atomic E-state index is 13.6. The molecule has 0 radical (unpaired) electrons. The van der Waals surface area contributed by atoms with E-state index in [1.807, 2.05) is 18.2 Å². The van der Waals surface area contributed by atoms with Crippen LogP contribution in [0.25, 0.3) is 0 Å². The Labute approximate surface area is 114 Å². The largest absolute Gasteiger partial charge is 0.324 e. The minimum atomic E-state index is -0.178. The quantitative estimate of drug-likeness (QED) is 0.860. The average Bonchev–Trinajstić information content (AvgIpc) is 2.42. The van der Waals surface area contributed by atoms with E-state index in [9.17, 15) is 4.39 Å². The SMILES string of the molecule is CCCc1cccc(C(N)Cc2ccccc2F)c1. The Morgan fingerprint density at radius 1 is 1.11 bits per heavy atom. The molecular weight excluding hydrogens is 237 g/mol. The lowest BCUT2D eigenvalue weighted by Crippen LogP contribution is -2.14. The summed E-state index contributed by atoms with van der Waals surface area (Å²) in [7, 11) is 0. The summed E-state index contributed by atoms with van der Waals surface area (Å²) >= 11 is 0. The molecule has 1 unspecified atom stereocenters. The molecule has 0 aliphatic carbocycles. The van der Waals surface area contributed by atoms with Crippen molar-refractivity contribution in [3.63, 3.8) is 0 Å². The van der Waals surface area contributed by atoms with Crippen LogP contribution >= 0.6 is 0 Å². The molecule has 2 rings (SSSR count). The smallest absolute Gasteiger partial charge is 0.126 e. The van der Waals surface area contributed by atoms with Crippen molar-refractivity contribution in [1.29, 1.82) is 0 Å². The Morgan fingerprint density at radius 3 is 2.63 bits per heavy atom. The van der Waals surface area contributed by atoms with Crippen LogP contribution in [-0.2, 0) is 12.8 Å². The van der Waals surface area contributed by atoms with E-state index in [0.29, 0.717) is 12.0 Å². The van der Waals surface area contributed by atoms with Gasteiger partial charge in [0.05, 0.1) is 0 Å². The van der Waals surface area contributed by atoms with Crippen molar-refractivity contribution in [2.45, 2.75) is 32.2 Å². The number of halogens is 1. The van der Waals surface area contributed by atoms with Gasteiger partial charge >= 0.3 is 0 Å². The molecule has 0 bridgehead atoms. The third-order valence-electron chi connectivity index (χ3n) is 3.32. The van der Waals surface area contributed by atoms with Crippen LogP contribution in [0.15, 0.2) is 48.5 Å². The van der Waals surface area contributed by atoms with Gasteiger partial charge in [0.2, 0.25) is 0 Å². The van der Waals surface area contributed by atoms with Crippen LogP contribution in [0.5, 0.6) is 0 Å². The van der Waals surface area contributed by atoms with Crippen molar-refractivity contribution in [3.05, 3.63) is 71.0 Å². The summed E-state index contributed by atoms with van der Waals surface area (Å²) in [4.78, 5) is 0. The monoisotopic (exact) mass is 257 g/mol. The van der Waals surface area contributed by atoms with E-state index in [-0.39, 0.29) is 11.9 Å². The van der Waals surface area contributed by atoms with E-state index in [1.54, 1.807) is 12.1 Å². The Morgan fingerprint density at radius 2 is 1.89 bits per heavy atom. The molecule has 0 saturated carbocycles. The molecule has 0 saturated heterocycles. The Bertz CT molecular complexity index is 536. The van der Waals surface area contributed by atoms with Crippen LogP contribution in [0.4, 0.5) is 4.39 Å². The molecule has 0 amide bonds. The molecule has 2 N–H and O–H groups in total. The van der Waals surface area contributed by atoms with E-state index in [1.165, 1.54) is 11.6 Å². The highest BCUT2D eigenvalue weighted by Gasteiger charge is 2.10. The van der Waals surface area contributed by atoms with Crippen molar-refractivity contribution in [2.24, 2.45) is 5.73 Å². The van der Waals surface area contributed by atoms with Gasteiger partial charge in [0, 0.05) is 6.04 Å². The van der Waals surface area contributed by atoms with Gasteiger partial charge < -0.3 is 5.73 Å². The molecule has 0 aliphatic rings. The highest BCUT2D eigenvalue weighted by atomic mass is 19.1. The fourth-order valence-electron chi connectivity index (χ4n) is 2.29. The van der Waals surface area contributed by atoms with Gasteiger partial charge in [-0.2, -0.15) is 0 Å². The van der Waals surface area contributed by atoms with Gasteiger partial charge in [0.1, 0.15) is 5.82 Å². The van der Waals surface area contributed by atoms with Gasteiger partial charge in [0.25, 0.3) is 0 Å². The Balaban J connectivity index is 2.13. The maximum atomic E-state index is 13.6. The number of hydrogen-bond acceptors (Lipinski definition) is 1. The number of benzene rings is 2. The van der Waals surface area contributed by atoms with Crippen molar-refractivity contribution in [3.8, 4) is 0 Å². The third-order valence-corrected chi connectivity index (χ3v) is 3.32. The maximum Gasteiger partial charge on any atom is 0.126 e. The molecule has 2 heteroatoms. The Kier molecular flexibility index (Phi) is 4.69. The molecule has 0 heterocycles. The second kappa shape index (κ2) is 6.48. The molecule has 0 aliphatic heterocycles. The summed E-state index contributed by atoms with van der Waals surface area (Å²) in [6.07, 6.45) is 2.70. The van der Waals surface area contributed by atoms with Crippen LogP contribution < -0.4 is 5.73 Å². The number of rotatable bonds is 5. The number of aryl methyl sites for hydroxylation is 1. The first kappa shape index (κ1) is 13.8. The van der Waals surface area contributed by atoms with E-state index in [2.05, 4.69) is 19.1 Å². The fraction of sp³-hybridized carbons (Fsp3) is 0.294. The average molecular weight is 257 g/mol. The molecule has 0 aromatic heterocycles. The summed E-state index contributed by atoms with van der Waals surface area (Å²) in [6.45, 7) is 2.16. The standard InChI is InChI=1S/C17H20FN/c1-2-6-13-7-5-9-15(11-13)17(19)12-14-8-3-4-10-16(14)18/h3-5,7-11,17H,2,6,12,19H2,1H3. The molecule has 0 fully saturated rings. The molecule has 2 aromatic rings. The van der Waals surface area contributed by atoms with Crippen LogP contribution in [0.3, 0.4) is 0 Å². The first-order valence-electron chi connectivity index (χ1n) is 6.78. The lowest BCUT2D eigenvalue weighted by Gasteiger charge is -2.14. The molecule has 19 heavy (non-hydrogen) atoms. The van der Waals surface area contributed by atoms with E-state index in [0.717, 1.165) is 18.4 Å².